The first-order chi connectivity index (χ1) is 8.17. The quantitative estimate of drug-likeness (QED) is 0.369. The van der Waals surface area contributed by atoms with Gasteiger partial charge < -0.3 is 4.74 Å². The predicted molar refractivity (Wildman–Crippen MR) is 71.8 cm³/mol. The number of hydrogen-bond donors (Lipinski definition) is 0. The zero-order chi connectivity index (χ0) is 13.1. The van der Waals surface area contributed by atoms with Crippen LogP contribution in [0.25, 0.3) is 0 Å². The van der Waals surface area contributed by atoms with Crippen molar-refractivity contribution >= 4 is 5.97 Å². The Kier molecular flexibility index (Phi) is 9.06. The van der Waals surface area contributed by atoms with Crippen LogP contribution in [-0.2, 0) is 9.53 Å². The molecule has 0 aliphatic heterocycles. The summed E-state index contributed by atoms with van der Waals surface area (Å²) >= 11 is 0. The highest BCUT2D eigenvalue weighted by molar-refractivity contribution is 5.75. The van der Waals surface area contributed by atoms with Crippen molar-refractivity contribution in [1.29, 1.82) is 0 Å². The smallest absolute Gasteiger partial charge is 0.323 e. The number of carbonyl (C=O) groups excluding carboxylic acids is 1. The van der Waals surface area contributed by atoms with Crippen LogP contribution in [0.3, 0.4) is 0 Å². The summed E-state index contributed by atoms with van der Waals surface area (Å²) in [4.78, 5) is 13.7. The molecule has 0 N–H and O–H groups in total. The van der Waals surface area contributed by atoms with Gasteiger partial charge in [0.05, 0.1) is 6.61 Å². The third kappa shape index (κ3) is 6.74. The second kappa shape index (κ2) is 9.85. The Bertz CT molecular complexity index is 282. The molecule has 0 aliphatic carbocycles. The first-order valence-corrected chi connectivity index (χ1v) is 5.96. The van der Waals surface area contributed by atoms with E-state index >= 15 is 0 Å². The van der Waals surface area contributed by atoms with Crippen molar-refractivity contribution < 1.29 is 9.53 Å². The molecule has 1 unspecified atom stereocenters. The Morgan fingerprint density at radius 1 is 1.41 bits per heavy atom. The molecule has 0 aromatic rings. The maximum absolute atomic E-state index is 11.6. The van der Waals surface area contributed by atoms with Gasteiger partial charge in [0, 0.05) is 13.1 Å². The van der Waals surface area contributed by atoms with E-state index in [1.807, 2.05) is 50.0 Å². The summed E-state index contributed by atoms with van der Waals surface area (Å²) in [7, 11) is 0. The number of esters is 1. The van der Waals surface area contributed by atoms with Crippen LogP contribution < -0.4 is 0 Å². The highest BCUT2D eigenvalue weighted by atomic mass is 16.5. The second-order valence-electron chi connectivity index (χ2n) is 3.61. The minimum atomic E-state index is -0.236. The molecule has 0 saturated carbocycles. The van der Waals surface area contributed by atoms with Crippen LogP contribution in [-0.4, -0.2) is 36.6 Å². The first kappa shape index (κ1) is 15.7. The number of rotatable bonds is 8. The highest BCUT2D eigenvalue weighted by Crippen LogP contribution is 2.02. The van der Waals surface area contributed by atoms with E-state index in [1.165, 1.54) is 0 Å². The molecule has 0 aliphatic rings. The predicted octanol–water partition coefficient (Wildman–Crippen LogP) is 2.56. The topological polar surface area (TPSA) is 29.5 Å². The van der Waals surface area contributed by atoms with Crippen LogP contribution >= 0.6 is 0 Å². The lowest BCUT2D eigenvalue weighted by Crippen LogP contribution is -2.40. The van der Waals surface area contributed by atoms with E-state index in [-0.39, 0.29) is 12.0 Å². The Morgan fingerprint density at radius 2 is 2.06 bits per heavy atom. The summed E-state index contributed by atoms with van der Waals surface area (Å²) < 4.78 is 5.02. The second-order valence-corrected chi connectivity index (χ2v) is 3.61. The van der Waals surface area contributed by atoms with Gasteiger partial charge in [-0.1, -0.05) is 37.0 Å². The third-order valence-corrected chi connectivity index (χ3v) is 2.36. The van der Waals surface area contributed by atoms with Gasteiger partial charge in [0.2, 0.25) is 0 Å². The summed E-state index contributed by atoms with van der Waals surface area (Å²) in [5.41, 5.74) is 0. The van der Waals surface area contributed by atoms with E-state index in [2.05, 4.69) is 6.58 Å². The van der Waals surface area contributed by atoms with Crippen LogP contribution in [0.15, 0.2) is 37.0 Å². The fourth-order valence-electron chi connectivity index (χ4n) is 1.34. The van der Waals surface area contributed by atoms with Crippen molar-refractivity contribution in [2.24, 2.45) is 0 Å². The van der Waals surface area contributed by atoms with E-state index in [9.17, 15) is 4.79 Å². The monoisotopic (exact) mass is 237 g/mol. The number of ether oxygens (including phenoxy) is 1. The van der Waals surface area contributed by atoms with Crippen molar-refractivity contribution in [2.75, 3.05) is 19.7 Å². The molecule has 0 spiro atoms. The number of allylic oxidation sites excluding steroid dienone is 3. The van der Waals surface area contributed by atoms with Gasteiger partial charge in [0.15, 0.2) is 0 Å². The fraction of sp³-hybridized carbons (Fsp3) is 0.500. The lowest BCUT2D eigenvalue weighted by atomic mass is 10.2. The van der Waals surface area contributed by atoms with Crippen LogP contribution in [0.4, 0.5) is 0 Å². The average Bonchev–Trinajstić information content (AvgIpc) is 2.33. The van der Waals surface area contributed by atoms with Gasteiger partial charge >= 0.3 is 5.97 Å². The molecule has 0 amide bonds. The molecule has 0 saturated heterocycles. The molecule has 0 aromatic heterocycles. The van der Waals surface area contributed by atoms with Crippen LogP contribution in [0.1, 0.15) is 20.8 Å². The minimum absolute atomic E-state index is 0.177. The third-order valence-electron chi connectivity index (χ3n) is 2.36. The first-order valence-electron chi connectivity index (χ1n) is 5.96. The number of carbonyl (C=O) groups is 1. The number of hydrogen-bond acceptors (Lipinski definition) is 3. The molecule has 0 radical (unpaired) electrons. The SMILES string of the molecule is C=C/C=C\CN(C/C=C/C)C(C)C(=O)OCC. The van der Waals surface area contributed by atoms with Crippen molar-refractivity contribution in [1.82, 2.24) is 4.90 Å². The molecule has 17 heavy (non-hydrogen) atoms. The zero-order valence-corrected chi connectivity index (χ0v) is 11.1. The van der Waals surface area contributed by atoms with E-state index < -0.39 is 0 Å². The van der Waals surface area contributed by atoms with Crippen LogP contribution in [0.2, 0.25) is 0 Å². The lowest BCUT2D eigenvalue weighted by Gasteiger charge is -2.24. The summed E-state index contributed by atoms with van der Waals surface area (Å²) in [6, 6.07) is -0.236. The summed E-state index contributed by atoms with van der Waals surface area (Å²) in [5.74, 6) is -0.177. The van der Waals surface area contributed by atoms with E-state index in [1.54, 1.807) is 6.08 Å². The van der Waals surface area contributed by atoms with Crippen molar-refractivity contribution in [3.05, 3.63) is 37.0 Å². The van der Waals surface area contributed by atoms with Gasteiger partial charge in [-0.25, -0.2) is 0 Å². The normalized spacial score (nSPS) is 13.4. The Hall–Kier alpha value is -1.35. The molecule has 3 nitrogen and oxygen atoms in total. The Labute approximate surface area is 104 Å². The lowest BCUT2D eigenvalue weighted by molar-refractivity contribution is -0.148. The summed E-state index contributed by atoms with van der Waals surface area (Å²) in [6.45, 7) is 11.1. The molecule has 0 fully saturated rings. The van der Waals surface area contributed by atoms with Crippen molar-refractivity contribution in [3.63, 3.8) is 0 Å². The molecular formula is C14H23NO2. The molecule has 1 atom stereocenters. The molecular weight excluding hydrogens is 214 g/mol. The Balaban J connectivity index is 4.47. The fourth-order valence-corrected chi connectivity index (χ4v) is 1.34. The van der Waals surface area contributed by atoms with E-state index in [0.717, 1.165) is 6.54 Å². The Morgan fingerprint density at radius 3 is 2.59 bits per heavy atom. The van der Waals surface area contributed by atoms with E-state index in [0.29, 0.717) is 13.2 Å². The largest absolute Gasteiger partial charge is 0.465 e. The van der Waals surface area contributed by atoms with Gasteiger partial charge in [-0.2, -0.15) is 0 Å². The van der Waals surface area contributed by atoms with Gasteiger partial charge in [0.1, 0.15) is 6.04 Å². The molecule has 0 aromatic carbocycles. The summed E-state index contributed by atoms with van der Waals surface area (Å²) in [6.07, 6.45) is 9.58. The van der Waals surface area contributed by atoms with Crippen molar-refractivity contribution in [2.45, 2.75) is 26.8 Å². The van der Waals surface area contributed by atoms with Crippen LogP contribution in [0, 0.1) is 0 Å². The molecule has 0 heterocycles. The zero-order valence-electron chi connectivity index (χ0n) is 11.1. The molecule has 96 valence electrons. The minimum Gasteiger partial charge on any atom is -0.465 e. The highest BCUT2D eigenvalue weighted by Gasteiger charge is 2.20. The molecule has 0 rings (SSSR count). The maximum Gasteiger partial charge on any atom is 0.323 e. The molecule has 3 heteroatoms. The average molecular weight is 237 g/mol. The van der Waals surface area contributed by atoms with Gasteiger partial charge in [-0.05, 0) is 20.8 Å². The van der Waals surface area contributed by atoms with Gasteiger partial charge in [-0.15, -0.1) is 0 Å². The van der Waals surface area contributed by atoms with Crippen molar-refractivity contribution in [3.8, 4) is 0 Å². The van der Waals surface area contributed by atoms with E-state index in [4.69, 9.17) is 4.74 Å². The molecule has 0 bridgehead atoms. The van der Waals surface area contributed by atoms with Crippen LogP contribution in [0.5, 0.6) is 0 Å². The summed E-state index contributed by atoms with van der Waals surface area (Å²) in [5, 5.41) is 0. The standard InChI is InChI=1S/C14H23NO2/c1-5-8-10-12-15(11-9-6-2)13(4)14(16)17-7-3/h5-6,8-10,13H,1,7,11-12H2,2-4H3/b9-6+,10-8-. The maximum atomic E-state index is 11.6. The van der Waals surface area contributed by atoms with Gasteiger partial charge in [0.25, 0.3) is 0 Å². The van der Waals surface area contributed by atoms with Gasteiger partial charge in [-0.3, -0.25) is 9.69 Å². The number of nitrogens with zero attached hydrogens (tertiary/aromatic N) is 1.